The summed E-state index contributed by atoms with van der Waals surface area (Å²) in [6.07, 6.45) is 0.486. The molecule has 0 radical (unpaired) electrons. The summed E-state index contributed by atoms with van der Waals surface area (Å²) >= 11 is 0. The van der Waals surface area contributed by atoms with Crippen molar-refractivity contribution in [3.8, 4) is 0 Å². The third-order valence-electron chi connectivity index (χ3n) is 2.53. The topological polar surface area (TPSA) is 59.6 Å². The molecule has 1 saturated heterocycles. The van der Waals surface area contributed by atoms with E-state index in [4.69, 9.17) is 9.47 Å². The van der Waals surface area contributed by atoms with Gasteiger partial charge in [-0.25, -0.2) is 0 Å². The van der Waals surface area contributed by atoms with Gasteiger partial charge >= 0.3 is 0 Å². The van der Waals surface area contributed by atoms with E-state index in [1.807, 2.05) is 6.92 Å². The highest BCUT2D eigenvalue weighted by Crippen LogP contribution is 1.99. The molecule has 0 saturated carbocycles. The smallest absolute Gasteiger partial charge is 0.221 e. The van der Waals surface area contributed by atoms with Gasteiger partial charge in [-0.1, -0.05) is 6.92 Å². The van der Waals surface area contributed by atoms with E-state index >= 15 is 0 Å². The fraction of sp³-hybridized carbons (Fsp3) is 0.909. The molecule has 1 aliphatic heterocycles. The van der Waals surface area contributed by atoms with E-state index in [0.29, 0.717) is 32.1 Å². The lowest BCUT2D eigenvalue weighted by Crippen LogP contribution is -2.44. The van der Waals surface area contributed by atoms with Crippen LogP contribution in [0, 0.1) is 5.92 Å². The van der Waals surface area contributed by atoms with Gasteiger partial charge in [0.25, 0.3) is 0 Å². The summed E-state index contributed by atoms with van der Waals surface area (Å²) in [4.78, 5) is 11.6. The molecule has 5 nitrogen and oxygen atoms in total. The summed E-state index contributed by atoms with van der Waals surface area (Å²) in [6, 6.07) is 0.159. The Balaban J connectivity index is 2.10. The van der Waals surface area contributed by atoms with Gasteiger partial charge < -0.3 is 20.1 Å². The number of hydrogen-bond donors (Lipinski definition) is 2. The van der Waals surface area contributed by atoms with E-state index in [2.05, 4.69) is 10.6 Å². The lowest BCUT2D eigenvalue weighted by atomic mass is 10.1. The van der Waals surface area contributed by atoms with Crippen molar-refractivity contribution < 1.29 is 14.3 Å². The second-order valence-electron chi connectivity index (χ2n) is 4.29. The van der Waals surface area contributed by atoms with Crippen LogP contribution in [-0.2, 0) is 14.3 Å². The standard InChI is InChI=1S/C11H22N2O3/c1-9(7-15-2)6-13-11(14)5-10-8-16-4-3-12-10/h9-10,12H,3-8H2,1-2H3,(H,13,14). The van der Waals surface area contributed by atoms with Crippen LogP contribution >= 0.6 is 0 Å². The summed E-state index contributed by atoms with van der Waals surface area (Å²) in [5.74, 6) is 0.426. The highest BCUT2D eigenvalue weighted by atomic mass is 16.5. The van der Waals surface area contributed by atoms with Gasteiger partial charge in [0, 0.05) is 32.7 Å². The van der Waals surface area contributed by atoms with Crippen molar-refractivity contribution in [2.75, 3.05) is 40.0 Å². The molecule has 0 spiro atoms. The molecule has 0 aliphatic carbocycles. The van der Waals surface area contributed by atoms with Gasteiger partial charge in [0.1, 0.15) is 0 Å². The number of rotatable bonds is 6. The summed E-state index contributed by atoms with van der Waals surface area (Å²) in [6.45, 7) is 5.58. The van der Waals surface area contributed by atoms with Crippen molar-refractivity contribution in [3.63, 3.8) is 0 Å². The molecule has 2 unspecified atom stereocenters. The molecule has 94 valence electrons. The molecule has 1 heterocycles. The predicted octanol–water partition coefficient (Wildman–Crippen LogP) is -0.236. The Morgan fingerprint density at radius 1 is 1.69 bits per heavy atom. The fourth-order valence-electron chi connectivity index (χ4n) is 1.68. The summed E-state index contributed by atoms with van der Waals surface area (Å²) < 4.78 is 10.3. The number of carbonyl (C=O) groups is 1. The van der Waals surface area contributed by atoms with Gasteiger partial charge in [-0.05, 0) is 5.92 Å². The lowest BCUT2D eigenvalue weighted by molar-refractivity contribution is -0.122. The highest BCUT2D eigenvalue weighted by Gasteiger charge is 2.16. The molecule has 1 rings (SSSR count). The number of ether oxygens (including phenoxy) is 2. The molecule has 0 aromatic heterocycles. The maximum Gasteiger partial charge on any atom is 0.221 e. The lowest BCUT2D eigenvalue weighted by Gasteiger charge is -2.23. The molecule has 2 atom stereocenters. The number of nitrogens with one attached hydrogen (secondary N) is 2. The molecule has 0 aromatic carbocycles. The van der Waals surface area contributed by atoms with Crippen LogP contribution in [0.15, 0.2) is 0 Å². The Labute approximate surface area is 96.9 Å². The van der Waals surface area contributed by atoms with Crippen molar-refractivity contribution in [2.45, 2.75) is 19.4 Å². The minimum atomic E-state index is 0.0750. The van der Waals surface area contributed by atoms with Crippen molar-refractivity contribution in [1.82, 2.24) is 10.6 Å². The molecule has 0 aromatic rings. The van der Waals surface area contributed by atoms with E-state index in [1.54, 1.807) is 7.11 Å². The van der Waals surface area contributed by atoms with E-state index in [1.165, 1.54) is 0 Å². The molecule has 1 amide bonds. The number of methoxy groups -OCH3 is 1. The van der Waals surface area contributed by atoms with Gasteiger partial charge in [0.15, 0.2) is 0 Å². The van der Waals surface area contributed by atoms with Crippen LogP contribution in [0.25, 0.3) is 0 Å². The van der Waals surface area contributed by atoms with E-state index in [-0.39, 0.29) is 11.9 Å². The molecular weight excluding hydrogens is 208 g/mol. The van der Waals surface area contributed by atoms with Crippen molar-refractivity contribution in [1.29, 1.82) is 0 Å². The second-order valence-corrected chi connectivity index (χ2v) is 4.29. The molecule has 5 heteroatoms. The van der Waals surface area contributed by atoms with Gasteiger partial charge in [-0.2, -0.15) is 0 Å². The van der Waals surface area contributed by atoms with Gasteiger partial charge in [0.2, 0.25) is 5.91 Å². The first-order valence-corrected chi connectivity index (χ1v) is 5.79. The number of morpholine rings is 1. The number of amides is 1. The minimum Gasteiger partial charge on any atom is -0.384 e. The van der Waals surface area contributed by atoms with Crippen LogP contribution in [-0.4, -0.2) is 52.0 Å². The summed E-state index contributed by atoms with van der Waals surface area (Å²) in [5, 5.41) is 6.15. The second kappa shape index (κ2) is 7.60. The average molecular weight is 230 g/mol. The maximum absolute atomic E-state index is 11.6. The number of carbonyl (C=O) groups excluding carboxylic acids is 1. The zero-order valence-electron chi connectivity index (χ0n) is 10.1. The zero-order valence-corrected chi connectivity index (χ0v) is 10.1. The van der Waals surface area contributed by atoms with Crippen molar-refractivity contribution >= 4 is 5.91 Å². The predicted molar refractivity (Wildman–Crippen MR) is 61.3 cm³/mol. The zero-order chi connectivity index (χ0) is 11.8. The molecular formula is C11H22N2O3. The quantitative estimate of drug-likeness (QED) is 0.661. The molecule has 1 aliphatic rings. The van der Waals surface area contributed by atoms with Crippen LogP contribution < -0.4 is 10.6 Å². The Hall–Kier alpha value is -0.650. The van der Waals surface area contributed by atoms with E-state index in [9.17, 15) is 4.79 Å². The van der Waals surface area contributed by atoms with Crippen LogP contribution in [0.1, 0.15) is 13.3 Å². The monoisotopic (exact) mass is 230 g/mol. The molecule has 1 fully saturated rings. The first kappa shape index (κ1) is 13.4. The average Bonchev–Trinajstić information content (AvgIpc) is 2.28. The Kier molecular flexibility index (Phi) is 6.37. The third kappa shape index (κ3) is 5.44. The number of hydrogen-bond acceptors (Lipinski definition) is 4. The summed E-state index contributed by atoms with van der Waals surface area (Å²) in [7, 11) is 1.67. The van der Waals surface area contributed by atoms with Crippen LogP contribution in [0.2, 0.25) is 0 Å². The normalized spacial score (nSPS) is 22.8. The van der Waals surface area contributed by atoms with E-state index in [0.717, 1.165) is 13.2 Å². The fourth-order valence-corrected chi connectivity index (χ4v) is 1.68. The third-order valence-corrected chi connectivity index (χ3v) is 2.53. The molecule has 16 heavy (non-hydrogen) atoms. The molecule has 2 N–H and O–H groups in total. The van der Waals surface area contributed by atoms with Gasteiger partial charge in [-0.3, -0.25) is 4.79 Å². The maximum atomic E-state index is 11.6. The van der Waals surface area contributed by atoms with Crippen LogP contribution in [0.3, 0.4) is 0 Å². The SMILES string of the molecule is COCC(C)CNC(=O)CC1COCCN1. The van der Waals surface area contributed by atoms with E-state index < -0.39 is 0 Å². The highest BCUT2D eigenvalue weighted by molar-refractivity contribution is 5.76. The summed E-state index contributed by atoms with van der Waals surface area (Å²) in [5.41, 5.74) is 0. The van der Waals surface area contributed by atoms with Crippen molar-refractivity contribution in [2.24, 2.45) is 5.92 Å². The van der Waals surface area contributed by atoms with Crippen molar-refractivity contribution in [3.05, 3.63) is 0 Å². The Morgan fingerprint density at radius 3 is 3.12 bits per heavy atom. The first-order valence-electron chi connectivity index (χ1n) is 5.79. The Morgan fingerprint density at radius 2 is 2.50 bits per heavy atom. The Bertz CT molecular complexity index is 205. The van der Waals surface area contributed by atoms with Gasteiger partial charge in [-0.15, -0.1) is 0 Å². The largest absolute Gasteiger partial charge is 0.384 e. The minimum absolute atomic E-state index is 0.0750. The first-order chi connectivity index (χ1) is 7.72. The molecule has 0 bridgehead atoms. The van der Waals surface area contributed by atoms with Gasteiger partial charge in [0.05, 0.1) is 19.8 Å². The van der Waals surface area contributed by atoms with Crippen LogP contribution in [0.5, 0.6) is 0 Å². The van der Waals surface area contributed by atoms with Crippen LogP contribution in [0.4, 0.5) is 0 Å².